The molecule has 19 nitrogen and oxygen atoms in total. The summed E-state index contributed by atoms with van der Waals surface area (Å²) in [6.45, 7) is 1.71. The molecule has 3 rings (SSSR count). The van der Waals surface area contributed by atoms with Crippen LogP contribution >= 0.6 is 0 Å². The van der Waals surface area contributed by atoms with E-state index < -0.39 is 124 Å². The lowest BCUT2D eigenvalue weighted by Crippen LogP contribution is -2.66. The van der Waals surface area contributed by atoms with Crippen LogP contribution in [0.2, 0.25) is 0 Å². The molecule has 3 heterocycles. The summed E-state index contributed by atoms with van der Waals surface area (Å²) in [7, 11) is 0. The average Bonchev–Trinajstić information content (AvgIpc) is 0.845. The van der Waals surface area contributed by atoms with Crippen LogP contribution in [-0.2, 0) is 33.2 Å². The Hall–Kier alpha value is -2.77. The first kappa shape index (κ1) is 88.4. The second-order valence-electron chi connectivity index (χ2n) is 27.4. The summed E-state index contributed by atoms with van der Waals surface area (Å²) in [5.41, 5.74) is 0. The van der Waals surface area contributed by atoms with Crippen LogP contribution in [0.15, 0.2) is 72.9 Å². The number of unbranched alkanes of at least 4 members (excludes halogenated alkanes) is 32. The van der Waals surface area contributed by atoms with E-state index in [-0.39, 0.29) is 18.9 Å². The highest BCUT2D eigenvalue weighted by molar-refractivity contribution is 5.76. The normalized spacial score (nSPS) is 27.3. The van der Waals surface area contributed by atoms with Gasteiger partial charge in [-0.1, -0.05) is 286 Å². The van der Waals surface area contributed by atoms with Gasteiger partial charge >= 0.3 is 0 Å². The molecule has 0 bridgehead atoms. The molecule has 3 aliphatic rings. The molecule has 0 aromatic rings. The molecule has 564 valence electrons. The number of ether oxygens (including phenoxy) is 6. The predicted molar refractivity (Wildman–Crippen MR) is 383 cm³/mol. The van der Waals surface area contributed by atoms with E-state index in [2.05, 4.69) is 92.1 Å². The minimum atomic E-state index is -1.97. The summed E-state index contributed by atoms with van der Waals surface area (Å²) in [5.74, 6) is -0.243. The fourth-order valence-corrected chi connectivity index (χ4v) is 12.8. The Bertz CT molecular complexity index is 2040. The van der Waals surface area contributed by atoms with Crippen LogP contribution < -0.4 is 5.32 Å². The number of rotatable bonds is 60. The highest BCUT2D eigenvalue weighted by Crippen LogP contribution is 2.33. The largest absolute Gasteiger partial charge is 0.394 e. The number of hydrogen-bond acceptors (Lipinski definition) is 18. The van der Waals surface area contributed by atoms with Crippen molar-refractivity contribution in [2.24, 2.45) is 0 Å². The topological polar surface area (TPSA) is 307 Å². The molecule has 12 N–H and O–H groups in total. The van der Waals surface area contributed by atoms with Gasteiger partial charge in [-0.2, -0.15) is 0 Å². The molecule has 17 unspecified atom stereocenters. The number of amides is 1. The van der Waals surface area contributed by atoms with E-state index in [9.17, 15) is 61.0 Å². The van der Waals surface area contributed by atoms with E-state index in [1.165, 1.54) is 161 Å². The van der Waals surface area contributed by atoms with Crippen molar-refractivity contribution in [3.05, 3.63) is 72.9 Å². The van der Waals surface area contributed by atoms with Gasteiger partial charge in [0.15, 0.2) is 18.9 Å². The molecular formula is C78H139NO18. The van der Waals surface area contributed by atoms with Crippen molar-refractivity contribution >= 4 is 5.91 Å². The minimum Gasteiger partial charge on any atom is -0.394 e. The lowest BCUT2D eigenvalue weighted by atomic mass is 9.96. The molecule has 0 aromatic carbocycles. The summed E-state index contributed by atoms with van der Waals surface area (Å²) >= 11 is 0. The Morgan fingerprint density at radius 2 is 0.711 bits per heavy atom. The molecule has 19 heteroatoms. The van der Waals surface area contributed by atoms with E-state index in [0.717, 1.165) is 89.9 Å². The monoisotopic (exact) mass is 1380 g/mol. The minimum absolute atomic E-state index is 0.243. The first-order chi connectivity index (χ1) is 47.3. The lowest BCUT2D eigenvalue weighted by molar-refractivity contribution is -0.379. The van der Waals surface area contributed by atoms with Crippen LogP contribution in [0, 0.1) is 0 Å². The van der Waals surface area contributed by atoms with Crippen molar-refractivity contribution < 1.29 is 89.4 Å². The molecule has 3 saturated heterocycles. The molecule has 97 heavy (non-hydrogen) atoms. The third kappa shape index (κ3) is 39.5. The van der Waals surface area contributed by atoms with Crippen LogP contribution in [0.5, 0.6) is 0 Å². The molecule has 0 aromatic heterocycles. The van der Waals surface area contributed by atoms with E-state index in [1.807, 2.05) is 0 Å². The summed E-state index contributed by atoms with van der Waals surface area (Å²) in [6.07, 6.45) is 48.3. The zero-order valence-electron chi connectivity index (χ0n) is 60.0. The second-order valence-corrected chi connectivity index (χ2v) is 27.4. The predicted octanol–water partition coefficient (Wildman–Crippen LogP) is 12.1. The van der Waals surface area contributed by atoms with Gasteiger partial charge in [0.2, 0.25) is 5.91 Å². The quantitative estimate of drug-likeness (QED) is 0.0199. The first-order valence-corrected chi connectivity index (χ1v) is 38.7. The van der Waals surface area contributed by atoms with E-state index in [0.29, 0.717) is 12.8 Å². The molecule has 1 amide bonds. The van der Waals surface area contributed by atoms with Crippen LogP contribution in [0.1, 0.15) is 284 Å². The van der Waals surface area contributed by atoms with Crippen LogP contribution in [-0.4, -0.2) is 193 Å². The Balaban J connectivity index is 1.36. The Morgan fingerprint density at radius 3 is 1.11 bits per heavy atom. The molecule has 3 aliphatic heterocycles. The fraction of sp³-hybridized carbons (Fsp3) is 0.833. The van der Waals surface area contributed by atoms with Gasteiger partial charge in [-0.3, -0.25) is 4.79 Å². The van der Waals surface area contributed by atoms with Crippen LogP contribution in [0.25, 0.3) is 0 Å². The van der Waals surface area contributed by atoms with Crippen LogP contribution in [0.4, 0.5) is 0 Å². The van der Waals surface area contributed by atoms with E-state index >= 15 is 0 Å². The third-order valence-electron chi connectivity index (χ3n) is 19.0. The van der Waals surface area contributed by atoms with Gasteiger partial charge in [-0.25, -0.2) is 0 Å². The zero-order valence-corrected chi connectivity index (χ0v) is 60.0. The highest BCUT2D eigenvalue weighted by Gasteiger charge is 2.54. The van der Waals surface area contributed by atoms with Crippen molar-refractivity contribution in [1.82, 2.24) is 5.32 Å². The smallest absolute Gasteiger partial charge is 0.220 e. The van der Waals surface area contributed by atoms with Crippen molar-refractivity contribution in [3.63, 3.8) is 0 Å². The van der Waals surface area contributed by atoms with Crippen molar-refractivity contribution in [1.29, 1.82) is 0 Å². The molecule has 17 atom stereocenters. The summed E-state index contributed by atoms with van der Waals surface area (Å²) < 4.78 is 34.5. The van der Waals surface area contributed by atoms with Gasteiger partial charge in [0.25, 0.3) is 0 Å². The fourth-order valence-electron chi connectivity index (χ4n) is 12.8. The van der Waals surface area contributed by atoms with Crippen molar-refractivity contribution in [2.75, 3.05) is 26.4 Å². The molecule has 0 radical (unpaired) electrons. The van der Waals surface area contributed by atoms with E-state index in [1.54, 1.807) is 0 Å². The maximum atomic E-state index is 13.5. The molecule has 0 spiro atoms. The van der Waals surface area contributed by atoms with Crippen LogP contribution in [0.3, 0.4) is 0 Å². The molecule has 0 aliphatic carbocycles. The highest BCUT2D eigenvalue weighted by atomic mass is 16.8. The van der Waals surface area contributed by atoms with Gasteiger partial charge in [-0.15, -0.1) is 0 Å². The molecule has 0 saturated carbocycles. The maximum absolute atomic E-state index is 13.5. The van der Waals surface area contributed by atoms with Gasteiger partial charge in [0.1, 0.15) is 73.2 Å². The number of aliphatic hydroxyl groups excluding tert-OH is 11. The number of allylic oxidation sites excluding steroid dienone is 12. The SMILES string of the molecule is CC/C=C\C/C=C\C/C=C\C/C=C\C/C=C\C/C=C\CCCCCCCCCCCCCCCCC(=O)NC(COC1OC(CO)C(OC2OC(CO)C(OC3OC(CO)C(O)C(O)C3O)C(O)C2O)C(O)C1O)C(O)CCCCCCCCCCCCCCCCCCCCC. The maximum Gasteiger partial charge on any atom is 0.220 e. The number of carbonyl (C=O) groups is 1. The number of nitrogens with one attached hydrogen (secondary N) is 1. The van der Waals surface area contributed by atoms with Gasteiger partial charge < -0.3 is 89.9 Å². The number of carbonyl (C=O) groups excluding carboxylic acids is 1. The van der Waals surface area contributed by atoms with Crippen molar-refractivity contribution in [2.45, 2.75) is 388 Å². The molecular weight excluding hydrogens is 1240 g/mol. The third-order valence-corrected chi connectivity index (χ3v) is 19.0. The Morgan fingerprint density at radius 1 is 0.381 bits per heavy atom. The average molecular weight is 1380 g/mol. The Labute approximate surface area is 585 Å². The van der Waals surface area contributed by atoms with E-state index in [4.69, 9.17) is 28.4 Å². The van der Waals surface area contributed by atoms with Gasteiger partial charge in [-0.05, 0) is 64.2 Å². The summed E-state index contributed by atoms with van der Waals surface area (Å²) in [5, 5.41) is 121. The van der Waals surface area contributed by atoms with Gasteiger partial charge in [0, 0.05) is 6.42 Å². The lowest BCUT2D eigenvalue weighted by Gasteiger charge is -2.48. The number of hydrogen-bond donors (Lipinski definition) is 12. The second kappa shape index (κ2) is 58.7. The zero-order chi connectivity index (χ0) is 70.4. The summed E-state index contributed by atoms with van der Waals surface area (Å²) in [4.78, 5) is 13.5. The summed E-state index contributed by atoms with van der Waals surface area (Å²) in [6, 6.07) is -0.891. The molecule has 3 fully saturated rings. The van der Waals surface area contributed by atoms with Crippen molar-refractivity contribution in [3.8, 4) is 0 Å². The first-order valence-electron chi connectivity index (χ1n) is 38.7. The number of aliphatic hydroxyl groups is 11. The Kier molecular flexibility index (Phi) is 53.5. The standard InChI is InChI=1S/C78H139NO18/c1-3-5-7-9-11-13-15-17-19-21-23-24-25-26-27-28-29-30-31-32-33-34-35-36-38-40-42-44-46-48-50-52-54-56-66(84)79-61(62(83)55-53-51-49-47-45-43-41-39-37-22-20-18-16-14-12-10-8-6-4-2)60-92-76-72(90)69(87)74(64(58-81)94-76)97-78-73(91)70(88)75(65(59-82)95-78)96-77-71(89)68(86)67(85)63(57-80)93-77/h5,7,11,13,17,19,23-24,26-27,29-30,61-65,67-78,80-83,85-91H,3-4,6,8-10,12,14-16,18,20-22,25,28,31-60H2,1-2H3,(H,79,84)/b7-5-,13-11-,19-17-,24-23-,27-26-,30-29-. The van der Waals surface area contributed by atoms with Gasteiger partial charge in [0.05, 0.1) is 38.6 Å².